The summed E-state index contributed by atoms with van der Waals surface area (Å²) in [5, 5.41) is 3.37. The van der Waals surface area contributed by atoms with Crippen LogP contribution in [0.2, 0.25) is 0 Å². The summed E-state index contributed by atoms with van der Waals surface area (Å²) in [6.45, 7) is 12.6. The van der Waals surface area contributed by atoms with E-state index in [0.717, 1.165) is 52.2 Å². The summed E-state index contributed by atoms with van der Waals surface area (Å²) in [7, 11) is 0. The molecule has 0 aromatic rings. The molecular formula is C14H30N2O2. The van der Waals surface area contributed by atoms with Crippen molar-refractivity contribution in [2.75, 3.05) is 52.5 Å². The Kier molecular flexibility index (Phi) is 9.48. The van der Waals surface area contributed by atoms with E-state index in [1.54, 1.807) is 0 Å². The van der Waals surface area contributed by atoms with Crippen LogP contribution in [-0.4, -0.2) is 63.5 Å². The fourth-order valence-electron chi connectivity index (χ4n) is 1.99. The topological polar surface area (TPSA) is 33.7 Å². The lowest BCUT2D eigenvalue weighted by Crippen LogP contribution is -2.43. The van der Waals surface area contributed by atoms with Crippen LogP contribution in [0.25, 0.3) is 0 Å². The van der Waals surface area contributed by atoms with E-state index in [4.69, 9.17) is 9.47 Å². The summed E-state index contributed by atoms with van der Waals surface area (Å²) in [4.78, 5) is 2.51. The molecule has 1 atom stereocenters. The molecule has 18 heavy (non-hydrogen) atoms. The van der Waals surface area contributed by atoms with Gasteiger partial charge < -0.3 is 19.7 Å². The second-order valence-corrected chi connectivity index (χ2v) is 5.00. The minimum Gasteiger partial charge on any atom is -0.381 e. The van der Waals surface area contributed by atoms with E-state index in [9.17, 15) is 0 Å². The van der Waals surface area contributed by atoms with Gasteiger partial charge in [0.25, 0.3) is 0 Å². The predicted octanol–water partition coefficient (Wildman–Crippen LogP) is 1.50. The second-order valence-electron chi connectivity index (χ2n) is 5.00. The summed E-state index contributed by atoms with van der Waals surface area (Å²) in [5.41, 5.74) is 0. The Morgan fingerprint density at radius 1 is 1.11 bits per heavy atom. The summed E-state index contributed by atoms with van der Waals surface area (Å²) in [5.74, 6) is 0. The highest BCUT2D eigenvalue weighted by Crippen LogP contribution is 1.98. The van der Waals surface area contributed by atoms with Gasteiger partial charge in [0.05, 0.1) is 6.10 Å². The van der Waals surface area contributed by atoms with Crippen molar-refractivity contribution >= 4 is 0 Å². The first kappa shape index (κ1) is 15.9. The molecule has 1 heterocycles. The maximum absolute atomic E-state index is 5.62. The predicted molar refractivity (Wildman–Crippen MR) is 75.1 cm³/mol. The first-order valence-corrected chi connectivity index (χ1v) is 7.45. The van der Waals surface area contributed by atoms with E-state index in [2.05, 4.69) is 24.1 Å². The zero-order valence-electron chi connectivity index (χ0n) is 12.1. The van der Waals surface area contributed by atoms with Crippen molar-refractivity contribution in [3.8, 4) is 0 Å². The molecule has 0 amide bonds. The van der Waals surface area contributed by atoms with Gasteiger partial charge in [-0.15, -0.1) is 0 Å². The Morgan fingerprint density at radius 3 is 2.56 bits per heavy atom. The second kappa shape index (κ2) is 10.7. The monoisotopic (exact) mass is 258 g/mol. The van der Waals surface area contributed by atoms with E-state index in [0.29, 0.717) is 6.10 Å². The van der Waals surface area contributed by atoms with Crippen LogP contribution in [0.15, 0.2) is 0 Å². The molecule has 0 spiro atoms. The molecule has 0 radical (unpaired) electrons. The molecule has 1 unspecified atom stereocenters. The minimum atomic E-state index is 0.387. The number of ether oxygens (including phenoxy) is 2. The average Bonchev–Trinajstić information content (AvgIpc) is 2.42. The number of piperazine rings is 1. The van der Waals surface area contributed by atoms with E-state index in [1.807, 2.05) is 0 Å². The lowest BCUT2D eigenvalue weighted by Gasteiger charge is -2.26. The van der Waals surface area contributed by atoms with E-state index in [-0.39, 0.29) is 0 Å². The molecule has 0 aliphatic carbocycles. The molecular weight excluding hydrogens is 228 g/mol. The van der Waals surface area contributed by atoms with E-state index >= 15 is 0 Å². The van der Waals surface area contributed by atoms with Crippen molar-refractivity contribution < 1.29 is 9.47 Å². The fraction of sp³-hybridized carbons (Fsp3) is 1.00. The van der Waals surface area contributed by atoms with Gasteiger partial charge in [-0.05, 0) is 26.2 Å². The first-order valence-electron chi connectivity index (χ1n) is 7.45. The Morgan fingerprint density at radius 2 is 1.83 bits per heavy atom. The molecule has 4 heteroatoms. The van der Waals surface area contributed by atoms with Gasteiger partial charge >= 0.3 is 0 Å². The zero-order valence-corrected chi connectivity index (χ0v) is 12.1. The molecule has 1 aliphatic heterocycles. The molecule has 108 valence electrons. The number of nitrogens with zero attached hydrogens (tertiary/aromatic N) is 1. The molecule has 0 aromatic heterocycles. The summed E-state index contributed by atoms with van der Waals surface area (Å²) >= 11 is 0. The Bertz CT molecular complexity index is 185. The quantitative estimate of drug-likeness (QED) is 0.602. The van der Waals surface area contributed by atoms with Crippen molar-refractivity contribution in [2.45, 2.75) is 39.2 Å². The molecule has 0 bridgehead atoms. The van der Waals surface area contributed by atoms with Crippen LogP contribution in [0.1, 0.15) is 33.1 Å². The highest BCUT2D eigenvalue weighted by Gasteiger charge is 2.07. The SMILES string of the molecule is CCC(C)OCCCOCCCN1CCNCC1. The van der Waals surface area contributed by atoms with Gasteiger partial charge in [-0.1, -0.05) is 6.92 Å². The molecule has 1 rings (SSSR count). The van der Waals surface area contributed by atoms with Crippen molar-refractivity contribution in [3.63, 3.8) is 0 Å². The number of nitrogens with one attached hydrogen (secondary N) is 1. The van der Waals surface area contributed by atoms with Gasteiger partial charge in [0.1, 0.15) is 0 Å². The van der Waals surface area contributed by atoms with Crippen LogP contribution in [-0.2, 0) is 9.47 Å². The Labute approximate surface area is 112 Å². The molecule has 1 N–H and O–H groups in total. The molecule has 0 saturated carbocycles. The lowest BCUT2D eigenvalue weighted by molar-refractivity contribution is 0.0393. The third-order valence-electron chi connectivity index (χ3n) is 3.38. The normalized spacial score (nSPS) is 19.0. The third-order valence-corrected chi connectivity index (χ3v) is 3.38. The van der Waals surface area contributed by atoms with Gasteiger partial charge in [0.15, 0.2) is 0 Å². The van der Waals surface area contributed by atoms with Crippen molar-refractivity contribution in [3.05, 3.63) is 0 Å². The van der Waals surface area contributed by atoms with Crippen LogP contribution in [0.4, 0.5) is 0 Å². The standard InChI is InChI=1S/C14H30N2O2/c1-3-14(2)18-13-5-12-17-11-4-8-16-9-6-15-7-10-16/h14-15H,3-13H2,1-2H3. The van der Waals surface area contributed by atoms with Gasteiger partial charge in [-0.25, -0.2) is 0 Å². The van der Waals surface area contributed by atoms with Gasteiger partial charge in [-0.2, -0.15) is 0 Å². The van der Waals surface area contributed by atoms with Gasteiger partial charge in [0, 0.05) is 52.5 Å². The first-order chi connectivity index (χ1) is 8.83. The molecule has 1 fully saturated rings. The van der Waals surface area contributed by atoms with Crippen LogP contribution in [0.5, 0.6) is 0 Å². The van der Waals surface area contributed by atoms with Gasteiger partial charge in [-0.3, -0.25) is 0 Å². The Hall–Kier alpha value is -0.160. The molecule has 1 saturated heterocycles. The van der Waals surface area contributed by atoms with E-state index < -0.39 is 0 Å². The lowest BCUT2D eigenvalue weighted by atomic mass is 10.3. The number of hydrogen-bond donors (Lipinski definition) is 1. The average molecular weight is 258 g/mol. The van der Waals surface area contributed by atoms with Crippen LogP contribution in [0.3, 0.4) is 0 Å². The Balaban J connectivity index is 1.78. The highest BCUT2D eigenvalue weighted by atomic mass is 16.5. The van der Waals surface area contributed by atoms with Crippen LogP contribution >= 0.6 is 0 Å². The summed E-state index contributed by atoms with van der Waals surface area (Å²) < 4.78 is 11.2. The van der Waals surface area contributed by atoms with Crippen molar-refractivity contribution in [1.29, 1.82) is 0 Å². The molecule has 1 aliphatic rings. The molecule has 0 aromatic carbocycles. The maximum Gasteiger partial charge on any atom is 0.0544 e. The van der Waals surface area contributed by atoms with E-state index in [1.165, 1.54) is 19.6 Å². The summed E-state index contributed by atoms with van der Waals surface area (Å²) in [6, 6.07) is 0. The highest BCUT2D eigenvalue weighted by molar-refractivity contribution is 4.66. The fourth-order valence-corrected chi connectivity index (χ4v) is 1.99. The van der Waals surface area contributed by atoms with Crippen LogP contribution in [0, 0.1) is 0 Å². The maximum atomic E-state index is 5.62. The largest absolute Gasteiger partial charge is 0.381 e. The smallest absolute Gasteiger partial charge is 0.0544 e. The molecule has 4 nitrogen and oxygen atoms in total. The number of rotatable bonds is 10. The van der Waals surface area contributed by atoms with Crippen molar-refractivity contribution in [2.24, 2.45) is 0 Å². The van der Waals surface area contributed by atoms with Crippen molar-refractivity contribution in [1.82, 2.24) is 10.2 Å². The van der Waals surface area contributed by atoms with Gasteiger partial charge in [0.2, 0.25) is 0 Å². The number of hydrogen-bond acceptors (Lipinski definition) is 4. The minimum absolute atomic E-state index is 0.387. The third kappa shape index (κ3) is 8.03. The van der Waals surface area contributed by atoms with Crippen LogP contribution < -0.4 is 5.32 Å². The zero-order chi connectivity index (χ0) is 13.1. The summed E-state index contributed by atoms with van der Waals surface area (Å²) in [6.07, 6.45) is 3.63.